The van der Waals surface area contributed by atoms with Crippen LogP contribution < -0.4 is 5.73 Å². The van der Waals surface area contributed by atoms with Crippen LogP contribution in [0.5, 0.6) is 0 Å². The first kappa shape index (κ1) is 10.6. The van der Waals surface area contributed by atoms with Crippen LogP contribution in [0.3, 0.4) is 0 Å². The minimum atomic E-state index is -0.200. The first-order valence-electron chi connectivity index (χ1n) is 5.36. The summed E-state index contributed by atoms with van der Waals surface area (Å²) in [5.74, 6) is -0.185. The molecule has 1 heterocycles. The van der Waals surface area contributed by atoms with Crippen LogP contribution in [0, 0.1) is 5.82 Å². The molecular formula is C12H17FN2. The largest absolute Gasteiger partial charge is 0.313 e. The van der Waals surface area contributed by atoms with E-state index in [2.05, 4.69) is 11.8 Å². The third kappa shape index (κ3) is 2.36. The molecule has 0 saturated carbocycles. The number of nitrogens with zero attached hydrogens (tertiary/aromatic N) is 1. The molecule has 2 nitrogen and oxygen atoms in total. The maximum absolute atomic E-state index is 12.7. The molecule has 2 rings (SSSR count). The molecule has 1 aromatic rings. The van der Waals surface area contributed by atoms with Crippen molar-refractivity contribution in [2.75, 3.05) is 6.54 Å². The van der Waals surface area contributed by atoms with Crippen molar-refractivity contribution in [1.29, 1.82) is 0 Å². The van der Waals surface area contributed by atoms with Crippen LogP contribution in [0.15, 0.2) is 24.3 Å². The van der Waals surface area contributed by atoms with Crippen molar-refractivity contribution in [2.45, 2.75) is 32.0 Å². The summed E-state index contributed by atoms with van der Waals surface area (Å²) in [4.78, 5) is 2.25. The molecule has 3 heteroatoms. The first-order chi connectivity index (χ1) is 7.08. The molecule has 1 aliphatic rings. The molecule has 0 radical (unpaired) electrons. The molecule has 2 N–H and O–H groups in total. The summed E-state index contributed by atoms with van der Waals surface area (Å²) in [6.45, 7) is 3.90. The van der Waals surface area contributed by atoms with Crippen LogP contribution in [-0.4, -0.2) is 17.1 Å². The normalized spacial score (nSPS) is 27.1. The average Bonchev–Trinajstić information content (AvgIpc) is 2.50. The number of nitrogens with two attached hydrogens (primary N) is 1. The molecule has 1 fully saturated rings. The molecular weight excluding hydrogens is 191 g/mol. The van der Waals surface area contributed by atoms with Gasteiger partial charge in [-0.1, -0.05) is 12.1 Å². The van der Waals surface area contributed by atoms with Crippen molar-refractivity contribution in [3.63, 3.8) is 0 Å². The Bertz CT molecular complexity index is 332. The van der Waals surface area contributed by atoms with Crippen LogP contribution in [0.1, 0.15) is 25.3 Å². The van der Waals surface area contributed by atoms with Gasteiger partial charge in [-0.2, -0.15) is 0 Å². The number of benzene rings is 1. The maximum atomic E-state index is 12.7. The molecule has 1 atom stereocenters. The highest BCUT2D eigenvalue weighted by molar-refractivity contribution is 5.16. The molecule has 0 aliphatic carbocycles. The minimum absolute atomic E-state index is 0.185. The van der Waals surface area contributed by atoms with E-state index in [1.165, 1.54) is 12.1 Å². The number of rotatable bonds is 2. The van der Waals surface area contributed by atoms with Crippen LogP contribution in [0.25, 0.3) is 0 Å². The lowest BCUT2D eigenvalue weighted by Gasteiger charge is -2.31. The van der Waals surface area contributed by atoms with E-state index in [1.54, 1.807) is 0 Å². The molecule has 0 amide bonds. The highest BCUT2D eigenvalue weighted by Gasteiger charge is 2.32. The SMILES string of the molecule is C[C@]1(N)CCCN1Cc1ccc(F)cc1. The Morgan fingerprint density at radius 3 is 2.60 bits per heavy atom. The zero-order valence-corrected chi connectivity index (χ0v) is 9.04. The van der Waals surface area contributed by atoms with Gasteiger partial charge in [0.25, 0.3) is 0 Å². The third-order valence-corrected chi connectivity index (χ3v) is 3.12. The predicted octanol–water partition coefficient (Wildman–Crippen LogP) is 2.10. The molecule has 0 aromatic heterocycles. The Morgan fingerprint density at radius 2 is 2.07 bits per heavy atom. The van der Waals surface area contributed by atoms with Crippen molar-refractivity contribution in [3.05, 3.63) is 35.6 Å². The second-order valence-corrected chi connectivity index (χ2v) is 4.51. The lowest BCUT2D eigenvalue weighted by atomic mass is 10.1. The van der Waals surface area contributed by atoms with Gasteiger partial charge in [-0.3, -0.25) is 4.90 Å². The van der Waals surface area contributed by atoms with E-state index in [4.69, 9.17) is 5.73 Å². The summed E-state index contributed by atoms with van der Waals surface area (Å²) in [6.07, 6.45) is 2.18. The fraction of sp³-hybridized carbons (Fsp3) is 0.500. The van der Waals surface area contributed by atoms with E-state index in [9.17, 15) is 4.39 Å². The van der Waals surface area contributed by atoms with Crippen LogP contribution >= 0.6 is 0 Å². The molecule has 1 aromatic carbocycles. The molecule has 0 unspecified atom stereocenters. The summed E-state index contributed by atoms with van der Waals surface area (Å²) >= 11 is 0. The van der Waals surface area contributed by atoms with E-state index >= 15 is 0 Å². The zero-order chi connectivity index (χ0) is 10.9. The van der Waals surface area contributed by atoms with Crippen LogP contribution in [-0.2, 0) is 6.54 Å². The molecule has 15 heavy (non-hydrogen) atoms. The number of hydrogen-bond acceptors (Lipinski definition) is 2. The van der Waals surface area contributed by atoms with Gasteiger partial charge in [0.05, 0.1) is 5.66 Å². The number of halogens is 1. The topological polar surface area (TPSA) is 29.3 Å². The Kier molecular flexibility index (Phi) is 2.76. The summed E-state index contributed by atoms with van der Waals surface area (Å²) in [5, 5.41) is 0. The standard InChI is InChI=1S/C12H17FN2/c1-12(14)7-2-8-15(12)9-10-3-5-11(13)6-4-10/h3-6H,2,7-9,14H2,1H3/t12-/m1/s1. The van der Waals surface area contributed by atoms with E-state index in [0.717, 1.165) is 31.5 Å². The monoisotopic (exact) mass is 208 g/mol. The van der Waals surface area contributed by atoms with Gasteiger partial charge in [0.2, 0.25) is 0 Å². The summed E-state index contributed by atoms with van der Waals surface area (Å²) in [6, 6.07) is 6.64. The van der Waals surface area contributed by atoms with Gasteiger partial charge in [-0.25, -0.2) is 4.39 Å². The smallest absolute Gasteiger partial charge is 0.123 e. The van der Waals surface area contributed by atoms with Crippen molar-refractivity contribution in [1.82, 2.24) is 4.90 Å². The quantitative estimate of drug-likeness (QED) is 0.806. The lowest BCUT2D eigenvalue weighted by molar-refractivity contribution is 0.154. The number of likely N-dealkylation sites (tertiary alicyclic amines) is 1. The Labute approximate surface area is 89.9 Å². The van der Waals surface area contributed by atoms with Gasteiger partial charge in [-0.05, 0) is 37.5 Å². The highest BCUT2D eigenvalue weighted by Crippen LogP contribution is 2.25. The van der Waals surface area contributed by atoms with Crippen molar-refractivity contribution < 1.29 is 4.39 Å². The Hall–Kier alpha value is -0.930. The Balaban J connectivity index is 2.06. The molecule has 1 aliphatic heterocycles. The van der Waals surface area contributed by atoms with Gasteiger partial charge in [0.1, 0.15) is 5.82 Å². The summed E-state index contributed by atoms with van der Waals surface area (Å²) in [5.41, 5.74) is 7.07. The summed E-state index contributed by atoms with van der Waals surface area (Å²) in [7, 11) is 0. The van der Waals surface area contributed by atoms with Gasteiger partial charge in [0.15, 0.2) is 0 Å². The molecule has 0 bridgehead atoms. The van der Waals surface area contributed by atoms with E-state index in [-0.39, 0.29) is 11.5 Å². The fourth-order valence-corrected chi connectivity index (χ4v) is 2.11. The van der Waals surface area contributed by atoms with E-state index in [0.29, 0.717) is 0 Å². The van der Waals surface area contributed by atoms with Gasteiger partial charge in [-0.15, -0.1) is 0 Å². The number of hydrogen-bond donors (Lipinski definition) is 1. The highest BCUT2D eigenvalue weighted by atomic mass is 19.1. The Morgan fingerprint density at radius 1 is 1.40 bits per heavy atom. The van der Waals surface area contributed by atoms with Crippen LogP contribution in [0.2, 0.25) is 0 Å². The van der Waals surface area contributed by atoms with Gasteiger partial charge >= 0.3 is 0 Å². The van der Waals surface area contributed by atoms with Crippen LogP contribution in [0.4, 0.5) is 4.39 Å². The average molecular weight is 208 g/mol. The first-order valence-corrected chi connectivity index (χ1v) is 5.36. The fourth-order valence-electron chi connectivity index (χ4n) is 2.11. The second kappa shape index (κ2) is 3.91. The van der Waals surface area contributed by atoms with Gasteiger partial charge in [0, 0.05) is 13.1 Å². The van der Waals surface area contributed by atoms with E-state index < -0.39 is 0 Å². The lowest BCUT2D eigenvalue weighted by Crippen LogP contribution is -2.48. The zero-order valence-electron chi connectivity index (χ0n) is 9.04. The molecule has 0 spiro atoms. The van der Waals surface area contributed by atoms with Crippen molar-refractivity contribution in [2.24, 2.45) is 5.73 Å². The van der Waals surface area contributed by atoms with Gasteiger partial charge < -0.3 is 5.73 Å². The minimum Gasteiger partial charge on any atom is -0.313 e. The predicted molar refractivity (Wildman–Crippen MR) is 58.6 cm³/mol. The summed E-state index contributed by atoms with van der Waals surface area (Å²) < 4.78 is 12.7. The molecule has 1 saturated heterocycles. The second-order valence-electron chi connectivity index (χ2n) is 4.51. The molecule has 82 valence electrons. The van der Waals surface area contributed by atoms with Crippen molar-refractivity contribution in [3.8, 4) is 0 Å². The third-order valence-electron chi connectivity index (χ3n) is 3.12. The maximum Gasteiger partial charge on any atom is 0.123 e. The van der Waals surface area contributed by atoms with Crippen molar-refractivity contribution >= 4 is 0 Å². The van der Waals surface area contributed by atoms with E-state index in [1.807, 2.05) is 12.1 Å².